The van der Waals surface area contributed by atoms with Crippen LogP contribution in [0.2, 0.25) is 0 Å². The SMILES string of the molecule is CCCCCCCCCC(=O)O[C@@H]1[C@@H](O[C@@]2(CO)O[C@@H](CO)[C@@H](O)[C@H]2OC(=O)C(C)C)O[C@@H](CO)[C@@H](OC(=O)C(C)C)[C@H]1OC(=O)C(C)C. The van der Waals surface area contributed by atoms with Gasteiger partial charge in [-0.3, -0.25) is 19.2 Å². The van der Waals surface area contributed by atoms with E-state index < -0.39 is 116 Å². The fraction of sp³-hybridized carbons (Fsp3) is 0.882. The number of hydrogen-bond donors (Lipinski definition) is 4. The average molecular weight is 707 g/mol. The highest BCUT2D eigenvalue weighted by Gasteiger charge is 2.62. The van der Waals surface area contributed by atoms with Crippen molar-refractivity contribution in [2.45, 2.75) is 155 Å². The van der Waals surface area contributed by atoms with Crippen molar-refractivity contribution in [2.24, 2.45) is 17.8 Å². The number of aliphatic hydroxyl groups is 4. The van der Waals surface area contributed by atoms with Gasteiger partial charge in [0.05, 0.1) is 31.0 Å². The quantitative estimate of drug-likeness (QED) is 0.0809. The molecule has 2 heterocycles. The van der Waals surface area contributed by atoms with E-state index in [0.29, 0.717) is 6.42 Å². The van der Waals surface area contributed by atoms with E-state index in [0.717, 1.165) is 38.5 Å². The number of hydrogen-bond acceptors (Lipinski definition) is 15. The van der Waals surface area contributed by atoms with Gasteiger partial charge in [-0.2, -0.15) is 0 Å². The minimum absolute atomic E-state index is 0.0245. The summed E-state index contributed by atoms with van der Waals surface area (Å²) in [7, 11) is 0. The summed E-state index contributed by atoms with van der Waals surface area (Å²) in [4.78, 5) is 51.8. The number of rotatable bonds is 20. The van der Waals surface area contributed by atoms with E-state index in [1.807, 2.05) is 0 Å². The van der Waals surface area contributed by atoms with Crippen molar-refractivity contribution in [3.8, 4) is 0 Å². The number of ether oxygens (including phenoxy) is 7. The second kappa shape index (κ2) is 20.4. The van der Waals surface area contributed by atoms with Gasteiger partial charge in [0.15, 0.2) is 24.4 Å². The minimum atomic E-state index is -2.39. The first-order valence-electron chi connectivity index (χ1n) is 17.5. The van der Waals surface area contributed by atoms with Crippen LogP contribution in [-0.4, -0.2) is 119 Å². The molecule has 9 atom stereocenters. The molecule has 0 radical (unpaired) electrons. The van der Waals surface area contributed by atoms with Gasteiger partial charge in [0.25, 0.3) is 0 Å². The molecule has 2 aliphatic rings. The lowest BCUT2D eigenvalue weighted by Crippen LogP contribution is -2.65. The van der Waals surface area contributed by atoms with E-state index in [1.54, 1.807) is 41.5 Å². The summed E-state index contributed by atoms with van der Waals surface area (Å²) in [6.45, 7) is 8.88. The first-order chi connectivity index (χ1) is 23.2. The van der Waals surface area contributed by atoms with Crippen LogP contribution in [0.25, 0.3) is 0 Å². The number of unbranched alkanes of at least 4 members (excludes halogenated alkanes) is 6. The van der Waals surface area contributed by atoms with E-state index in [-0.39, 0.29) is 6.42 Å². The molecule has 2 fully saturated rings. The van der Waals surface area contributed by atoms with Crippen LogP contribution < -0.4 is 0 Å². The van der Waals surface area contributed by atoms with Crippen LogP contribution in [0.4, 0.5) is 0 Å². The largest absolute Gasteiger partial charge is 0.455 e. The first-order valence-corrected chi connectivity index (χ1v) is 17.5. The van der Waals surface area contributed by atoms with Crippen LogP contribution in [0.15, 0.2) is 0 Å². The number of carbonyl (C=O) groups excluding carboxylic acids is 4. The van der Waals surface area contributed by atoms with Gasteiger partial charge in [0, 0.05) is 6.42 Å². The summed E-state index contributed by atoms with van der Waals surface area (Å²) in [6, 6.07) is 0. The third-order valence-electron chi connectivity index (χ3n) is 8.38. The monoisotopic (exact) mass is 706 g/mol. The standard InChI is InChI=1S/C34H58O15/c1-8-9-10-11-12-13-14-15-24(38)44-28-27(46-31(41)20(4)5)26(45-30(40)19(2)3)23(17-36)43-33(28)49-34(18-37)29(47-32(42)21(6)7)25(39)22(16-35)48-34/h19-23,25-29,33,35-37,39H,8-18H2,1-7H3/t22-,23-,25+,26+,27+,28-,29+,33+,34+/m0/s1. The van der Waals surface area contributed by atoms with E-state index in [1.165, 1.54) is 0 Å². The van der Waals surface area contributed by atoms with E-state index in [9.17, 15) is 39.6 Å². The summed E-state index contributed by atoms with van der Waals surface area (Å²) in [5.41, 5.74) is 0. The Labute approximate surface area is 288 Å². The van der Waals surface area contributed by atoms with Crippen molar-refractivity contribution in [1.29, 1.82) is 0 Å². The molecular weight excluding hydrogens is 648 g/mol. The second-order valence-corrected chi connectivity index (χ2v) is 13.6. The summed E-state index contributed by atoms with van der Waals surface area (Å²) >= 11 is 0. The van der Waals surface area contributed by atoms with Crippen molar-refractivity contribution in [3.05, 3.63) is 0 Å². The third kappa shape index (κ3) is 11.8. The van der Waals surface area contributed by atoms with Gasteiger partial charge < -0.3 is 53.6 Å². The number of carbonyl (C=O) groups is 4. The summed E-state index contributed by atoms with van der Waals surface area (Å²) in [5, 5.41) is 41.9. The van der Waals surface area contributed by atoms with E-state index in [4.69, 9.17) is 33.2 Å². The number of aliphatic hydroxyl groups excluding tert-OH is 4. The minimum Gasteiger partial charge on any atom is -0.455 e. The molecular formula is C34H58O15. The summed E-state index contributed by atoms with van der Waals surface area (Å²) in [6.07, 6.45) is -6.22. The highest BCUT2D eigenvalue weighted by molar-refractivity contribution is 5.73. The summed E-state index contributed by atoms with van der Waals surface area (Å²) < 4.78 is 40.6. The molecule has 0 aromatic rings. The molecule has 2 rings (SSSR count). The molecule has 15 heteroatoms. The van der Waals surface area contributed by atoms with Crippen LogP contribution in [0.3, 0.4) is 0 Å². The molecule has 284 valence electrons. The highest BCUT2D eigenvalue weighted by atomic mass is 16.8. The second-order valence-electron chi connectivity index (χ2n) is 13.6. The maximum Gasteiger partial charge on any atom is 0.308 e. The lowest BCUT2D eigenvalue weighted by atomic mass is 9.97. The van der Waals surface area contributed by atoms with Crippen LogP contribution >= 0.6 is 0 Å². The Balaban J connectivity index is 2.55. The first kappa shape index (κ1) is 42.8. The Kier molecular flexibility index (Phi) is 17.8. The van der Waals surface area contributed by atoms with Crippen molar-refractivity contribution < 1.29 is 72.8 Å². The van der Waals surface area contributed by atoms with Crippen molar-refractivity contribution in [3.63, 3.8) is 0 Å². The van der Waals surface area contributed by atoms with Gasteiger partial charge in [-0.05, 0) is 6.42 Å². The van der Waals surface area contributed by atoms with Gasteiger partial charge in [0.2, 0.25) is 12.1 Å². The average Bonchev–Trinajstić information content (AvgIpc) is 3.32. The molecule has 0 aromatic carbocycles. The molecule has 0 saturated carbocycles. The number of esters is 4. The molecule has 0 aliphatic carbocycles. The molecule has 0 amide bonds. The molecule has 2 aliphatic heterocycles. The van der Waals surface area contributed by atoms with Gasteiger partial charge in [-0.25, -0.2) is 0 Å². The zero-order valence-electron chi connectivity index (χ0n) is 29.9. The van der Waals surface area contributed by atoms with Gasteiger partial charge in [0.1, 0.15) is 24.9 Å². The highest BCUT2D eigenvalue weighted by Crippen LogP contribution is 2.40. The Morgan fingerprint density at radius 2 is 1.18 bits per heavy atom. The lowest BCUT2D eigenvalue weighted by Gasteiger charge is -2.46. The lowest BCUT2D eigenvalue weighted by molar-refractivity contribution is -0.384. The van der Waals surface area contributed by atoms with Crippen LogP contribution in [-0.2, 0) is 52.3 Å². The molecule has 4 N–H and O–H groups in total. The fourth-order valence-electron chi connectivity index (χ4n) is 5.37. The maximum atomic E-state index is 13.3. The fourth-order valence-corrected chi connectivity index (χ4v) is 5.37. The smallest absolute Gasteiger partial charge is 0.308 e. The summed E-state index contributed by atoms with van der Waals surface area (Å²) in [5.74, 6) is -7.35. The Bertz CT molecular complexity index is 1050. The Hall–Kier alpha value is -2.40. The molecule has 0 aromatic heterocycles. The van der Waals surface area contributed by atoms with Gasteiger partial charge in [-0.15, -0.1) is 0 Å². The molecule has 0 unspecified atom stereocenters. The van der Waals surface area contributed by atoms with Crippen molar-refractivity contribution >= 4 is 23.9 Å². The van der Waals surface area contributed by atoms with Gasteiger partial charge >= 0.3 is 23.9 Å². The predicted octanol–water partition coefficient (Wildman–Crippen LogP) is 1.92. The maximum absolute atomic E-state index is 13.3. The van der Waals surface area contributed by atoms with Crippen LogP contribution in [0.1, 0.15) is 99.8 Å². The normalized spacial score (nSPS) is 30.1. The Morgan fingerprint density at radius 3 is 1.69 bits per heavy atom. The molecule has 2 saturated heterocycles. The van der Waals surface area contributed by atoms with Crippen molar-refractivity contribution in [2.75, 3.05) is 19.8 Å². The molecule has 49 heavy (non-hydrogen) atoms. The van der Waals surface area contributed by atoms with E-state index in [2.05, 4.69) is 6.92 Å². The molecule has 0 bridgehead atoms. The zero-order chi connectivity index (χ0) is 36.9. The van der Waals surface area contributed by atoms with Crippen LogP contribution in [0.5, 0.6) is 0 Å². The predicted molar refractivity (Wildman–Crippen MR) is 171 cm³/mol. The topological polar surface area (TPSA) is 214 Å². The Morgan fingerprint density at radius 1 is 0.673 bits per heavy atom. The molecule has 15 nitrogen and oxygen atoms in total. The third-order valence-corrected chi connectivity index (χ3v) is 8.38. The molecule has 0 spiro atoms. The van der Waals surface area contributed by atoms with E-state index >= 15 is 0 Å². The van der Waals surface area contributed by atoms with Gasteiger partial charge in [-0.1, -0.05) is 87.0 Å². The van der Waals surface area contributed by atoms with Crippen LogP contribution in [0, 0.1) is 17.8 Å². The zero-order valence-corrected chi connectivity index (χ0v) is 29.9. The van der Waals surface area contributed by atoms with Crippen molar-refractivity contribution in [1.82, 2.24) is 0 Å².